The van der Waals surface area contributed by atoms with Crippen LogP contribution in [0, 0.1) is 5.92 Å². The number of nitrogens with zero attached hydrogens (tertiary/aromatic N) is 5. The maximum absolute atomic E-state index is 14.0. The highest BCUT2D eigenvalue weighted by Gasteiger charge is 2.44. The van der Waals surface area contributed by atoms with Gasteiger partial charge in [-0.05, 0) is 80.2 Å². The number of carbonyl (C=O) groups excluding carboxylic acids is 3. The van der Waals surface area contributed by atoms with Crippen LogP contribution in [0.2, 0.25) is 0 Å². The number of hydrogen-bond donors (Lipinski definition) is 0. The highest BCUT2D eigenvalue weighted by molar-refractivity contribution is 6.08. The van der Waals surface area contributed by atoms with Crippen molar-refractivity contribution in [1.82, 2.24) is 20.0 Å². The quantitative estimate of drug-likeness (QED) is 0.309. The van der Waals surface area contributed by atoms with E-state index in [1.807, 2.05) is 48.5 Å². The zero-order valence-corrected chi connectivity index (χ0v) is 25.2. The van der Waals surface area contributed by atoms with Crippen molar-refractivity contribution in [1.29, 1.82) is 0 Å². The van der Waals surface area contributed by atoms with E-state index in [0.717, 1.165) is 52.1 Å². The Morgan fingerprint density at radius 1 is 0.909 bits per heavy atom. The van der Waals surface area contributed by atoms with Crippen molar-refractivity contribution in [2.45, 2.75) is 45.7 Å². The maximum Gasteiger partial charge on any atom is 0.361 e. The third-order valence-corrected chi connectivity index (χ3v) is 7.63. The fourth-order valence-corrected chi connectivity index (χ4v) is 5.61. The molecule has 2 aromatic carbocycles. The molecule has 0 spiro atoms. The Labute approximate surface area is 255 Å². The van der Waals surface area contributed by atoms with E-state index in [9.17, 15) is 14.4 Å². The van der Waals surface area contributed by atoms with Crippen LogP contribution in [0.3, 0.4) is 0 Å². The lowest BCUT2D eigenvalue weighted by Crippen LogP contribution is -2.34. The molecule has 0 N–H and O–H groups in total. The van der Waals surface area contributed by atoms with E-state index in [1.165, 1.54) is 5.01 Å². The van der Waals surface area contributed by atoms with Crippen LogP contribution in [0.25, 0.3) is 6.08 Å². The van der Waals surface area contributed by atoms with Gasteiger partial charge in [-0.3, -0.25) is 4.79 Å². The summed E-state index contributed by atoms with van der Waals surface area (Å²) in [7, 11) is 3.23. The first kappa shape index (κ1) is 30.5. The number of rotatable bonds is 10. The molecule has 1 aliphatic heterocycles. The van der Waals surface area contributed by atoms with Gasteiger partial charge >= 0.3 is 11.9 Å². The molecule has 1 aromatic heterocycles. The fourth-order valence-electron chi connectivity index (χ4n) is 5.61. The van der Waals surface area contributed by atoms with Gasteiger partial charge in [0.1, 0.15) is 18.0 Å². The molecule has 0 radical (unpaired) electrons. The molecular formula is C32H35N5O7. The highest BCUT2D eigenvalue weighted by atomic mass is 16.5. The molecule has 2 atom stereocenters. The Morgan fingerprint density at radius 3 is 2.18 bits per heavy atom. The molecule has 44 heavy (non-hydrogen) atoms. The van der Waals surface area contributed by atoms with Crippen LogP contribution in [0.5, 0.6) is 11.5 Å². The highest BCUT2D eigenvalue weighted by Crippen LogP contribution is 2.44. The summed E-state index contributed by atoms with van der Waals surface area (Å²) < 4.78 is 21.9. The second-order valence-electron chi connectivity index (χ2n) is 10.3. The predicted molar refractivity (Wildman–Crippen MR) is 160 cm³/mol. The summed E-state index contributed by atoms with van der Waals surface area (Å²) in [6.07, 6.45) is 4.69. The lowest BCUT2D eigenvalue weighted by Gasteiger charge is -2.29. The van der Waals surface area contributed by atoms with Crippen LogP contribution in [0.4, 0.5) is 0 Å². The molecule has 1 aliphatic carbocycles. The molecule has 1 saturated carbocycles. The standard InChI is InChI=1S/C32H35N5O7/c1-5-43-31(39)28-30(32(40)44-6-2)36(35-33-28)19-26(38)37-29(21-12-16-24(42-4)17-13-21)25-9-7-8-22(27(25)34-37)18-20-10-14-23(41-3)15-11-20/h10-18,25,29H,5-9,19H2,1-4H3/b22-18-. The van der Waals surface area contributed by atoms with Crippen molar-refractivity contribution < 1.29 is 33.3 Å². The van der Waals surface area contributed by atoms with E-state index in [0.29, 0.717) is 5.75 Å². The van der Waals surface area contributed by atoms with E-state index in [1.54, 1.807) is 28.1 Å². The summed E-state index contributed by atoms with van der Waals surface area (Å²) in [5.41, 5.74) is 3.24. The predicted octanol–water partition coefficient (Wildman–Crippen LogP) is 4.47. The van der Waals surface area contributed by atoms with Crippen molar-refractivity contribution in [3.8, 4) is 11.5 Å². The van der Waals surface area contributed by atoms with E-state index in [2.05, 4.69) is 16.4 Å². The fraction of sp³-hybridized carbons (Fsp3) is 0.375. The van der Waals surface area contributed by atoms with Crippen molar-refractivity contribution in [3.05, 3.63) is 76.6 Å². The summed E-state index contributed by atoms with van der Waals surface area (Å²) in [6, 6.07) is 15.0. The van der Waals surface area contributed by atoms with Gasteiger partial charge in [0.15, 0.2) is 5.69 Å². The number of fused-ring (bicyclic) bond motifs is 1. The molecule has 2 aliphatic rings. The van der Waals surface area contributed by atoms with Crippen molar-refractivity contribution in [2.24, 2.45) is 11.0 Å². The van der Waals surface area contributed by atoms with E-state index in [4.69, 9.17) is 24.0 Å². The van der Waals surface area contributed by atoms with Crippen molar-refractivity contribution in [3.63, 3.8) is 0 Å². The van der Waals surface area contributed by atoms with Crippen LogP contribution in [-0.4, -0.2) is 71.0 Å². The number of esters is 2. The number of benzene rings is 2. The first-order valence-corrected chi connectivity index (χ1v) is 14.6. The lowest BCUT2D eigenvalue weighted by atomic mass is 9.77. The molecule has 2 heterocycles. The molecule has 1 amide bonds. The first-order chi connectivity index (χ1) is 21.4. The Kier molecular flexibility index (Phi) is 9.37. The smallest absolute Gasteiger partial charge is 0.361 e. The molecule has 5 rings (SSSR count). The van der Waals surface area contributed by atoms with Gasteiger partial charge in [-0.2, -0.15) is 5.10 Å². The Hall–Kier alpha value is -5.00. The van der Waals surface area contributed by atoms with Crippen molar-refractivity contribution >= 4 is 29.6 Å². The van der Waals surface area contributed by atoms with Gasteiger partial charge in [-0.15, -0.1) is 5.10 Å². The summed E-state index contributed by atoms with van der Waals surface area (Å²) in [5, 5.41) is 14.2. The van der Waals surface area contributed by atoms with E-state index in [-0.39, 0.29) is 30.5 Å². The zero-order valence-electron chi connectivity index (χ0n) is 25.2. The summed E-state index contributed by atoms with van der Waals surface area (Å²) in [6.45, 7) is 3.02. The molecule has 0 saturated heterocycles. The van der Waals surface area contributed by atoms with Crippen LogP contribution in [0.15, 0.2) is 59.2 Å². The van der Waals surface area contributed by atoms with E-state index < -0.39 is 30.4 Å². The van der Waals surface area contributed by atoms with Crippen molar-refractivity contribution in [2.75, 3.05) is 27.4 Å². The molecule has 0 bridgehead atoms. The number of aromatic nitrogens is 3. The second-order valence-corrected chi connectivity index (χ2v) is 10.3. The molecule has 12 nitrogen and oxygen atoms in total. The van der Waals surface area contributed by atoms with Crippen LogP contribution in [-0.2, 0) is 20.8 Å². The van der Waals surface area contributed by atoms with Gasteiger partial charge in [0, 0.05) is 5.92 Å². The van der Waals surface area contributed by atoms with Crippen LogP contribution >= 0.6 is 0 Å². The Morgan fingerprint density at radius 2 is 1.55 bits per heavy atom. The van der Waals surface area contributed by atoms with Gasteiger partial charge in [-0.1, -0.05) is 29.5 Å². The molecule has 2 unspecified atom stereocenters. The summed E-state index contributed by atoms with van der Waals surface area (Å²) in [5.74, 6) is -0.673. The number of hydrazone groups is 1. The largest absolute Gasteiger partial charge is 0.497 e. The van der Waals surface area contributed by atoms with Gasteiger partial charge in [0.2, 0.25) is 5.69 Å². The first-order valence-electron chi connectivity index (χ1n) is 14.6. The number of methoxy groups -OCH3 is 2. The number of hydrogen-bond acceptors (Lipinski definition) is 10. The van der Waals surface area contributed by atoms with Gasteiger partial charge < -0.3 is 18.9 Å². The number of allylic oxidation sites excluding steroid dienone is 1. The Balaban J connectivity index is 1.52. The minimum absolute atomic E-state index is 0.0547. The third-order valence-electron chi connectivity index (χ3n) is 7.63. The number of amides is 1. The second kappa shape index (κ2) is 13.5. The van der Waals surface area contributed by atoms with Crippen LogP contribution < -0.4 is 9.47 Å². The average Bonchev–Trinajstić information content (AvgIpc) is 3.64. The maximum atomic E-state index is 14.0. The minimum atomic E-state index is -0.828. The minimum Gasteiger partial charge on any atom is -0.497 e. The average molecular weight is 602 g/mol. The number of carbonyl (C=O) groups is 3. The summed E-state index contributed by atoms with van der Waals surface area (Å²) >= 11 is 0. The molecule has 1 fully saturated rings. The molecule has 230 valence electrons. The monoisotopic (exact) mass is 601 g/mol. The molecular weight excluding hydrogens is 566 g/mol. The zero-order chi connectivity index (χ0) is 31.2. The van der Waals surface area contributed by atoms with Gasteiger partial charge in [0.05, 0.1) is 39.2 Å². The summed E-state index contributed by atoms with van der Waals surface area (Å²) in [4.78, 5) is 39.4. The molecule has 3 aromatic rings. The lowest BCUT2D eigenvalue weighted by molar-refractivity contribution is -0.134. The number of ether oxygens (including phenoxy) is 4. The topological polar surface area (TPSA) is 134 Å². The third kappa shape index (κ3) is 6.19. The Bertz CT molecular complexity index is 1580. The normalized spacial score (nSPS) is 18.4. The SMILES string of the molecule is CCOC(=O)c1nnn(CC(=O)N2N=C3/C(=C\c4ccc(OC)cc4)CCCC3C2c2ccc(OC)cc2)c1C(=O)OCC. The van der Waals surface area contributed by atoms with Gasteiger partial charge in [-0.25, -0.2) is 19.3 Å². The van der Waals surface area contributed by atoms with E-state index >= 15 is 0 Å². The van der Waals surface area contributed by atoms with Crippen LogP contribution in [0.1, 0.15) is 71.3 Å². The molecule has 12 heteroatoms. The van der Waals surface area contributed by atoms with Gasteiger partial charge in [0.25, 0.3) is 5.91 Å².